The van der Waals surface area contributed by atoms with E-state index in [0.29, 0.717) is 24.2 Å². The lowest BCUT2D eigenvalue weighted by Crippen LogP contribution is -2.51. The summed E-state index contributed by atoms with van der Waals surface area (Å²) in [6, 6.07) is 0. The Balaban J connectivity index is 3.74. The number of unbranched alkanes of at least 4 members (excludes halogenated alkanes) is 15. The van der Waals surface area contributed by atoms with Crippen LogP contribution in [0.15, 0.2) is 12.2 Å². The van der Waals surface area contributed by atoms with Crippen LogP contribution in [0.4, 0.5) is 0 Å². The molecule has 0 aromatic carbocycles. The van der Waals surface area contributed by atoms with E-state index in [9.17, 15) is 22.6 Å². The third-order valence-electron chi connectivity index (χ3n) is 7.78. The number of rotatable bonds is 28. The van der Waals surface area contributed by atoms with E-state index >= 15 is 0 Å². The van der Waals surface area contributed by atoms with E-state index in [-0.39, 0.29) is 13.0 Å². The summed E-state index contributed by atoms with van der Waals surface area (Å²) in [6.07, 6.45) is 23.1. The Morgan fingerprint density at radius 1 is 0.600 bits per heavy atom. The summed E-state index contributed by atoms with van der Waals surface area (Å²) in [5, 5.41) is 0. The molecule has 0 rings (SSSR count). The fourth-order valence-electron chi connectivity index (χ4n) is 4.94. The summed E-state index contributed by atoms with van der Waals surface area (Å²) in [7, 11) is -4.23. The van der Waals surface area contributed by atoms with E-state index in [1.165, 1.54) is 83.5 Å². The molecule has 0 aliphatic heterocycles. The first-order valence-corrected chi connectivity index (χ1v) is 17.6. The summed E-state index contributed by atoms with van der Waals surface area (Å²) in [5.41, 5.74) is 0. The molecule has 0 amide bonds. The van der Waals surface area contributed by atoms with Crippen LogP contribution >= 0.6 is 0 Å². The number of likely N-dealkylation sites (N-methyl/N-ethyl adjacent to an activating group) is 1. The van der Waals surface area contributed by atoms with Gasteiger partial charge in [-0.25, -0.2) is 18.0 Å². The highest BCUT2D eigenvalue weighted by molar-refractivity contribution is 7.85. The van der Waals surface area contributed by atoms with Gasteiger partial charge in [0.05, 0.1) is 36.4 Å². The van der Waals surface area contributed by atoms with Crippen LogP contribution in [0.2, 0.25) is 0 Å². The van der Waals surface area contributed by atoms with E-state index < -0.39 is 27.8 Å². The molecule has 0 atom stereocenters. The third kappa shape index (κ3) is 24.4. The standard InChI is InChI=1S/C31H59NO7S/c1-4-7-8-9-10-11-12-13-14-15-16-17-18-19-20-21-27-38-30(33)23-24-31(34)39-28-26-32(5-2,6-3)25-22-29-40(35,36)37/h23-24H,4-22,25-29H2,1-3H3/b24-23-. The van der Waals surface area contributed by atoms with Gasteiger partial charge in [0, 0.05) is 24.3 Å². The first-order chi connectivity index (χ1) is 19.2. The minimum Gasteiger partial charge on any atom is -0.748 e. The highest BCUT2D eigenvalue weighted by Crippen LogP contribution is 2.14. The minimum absolute atomic E-state index is 0.142. The molecular formula is C31H59NO7S. The fraction of sp³-hybridized carbons (Fsp3) is 0.871. The average molecular weight is 590 g/mol. The zero-order valence-electron chi connectivity index (χ0n) is 25.8. The van der Waals surface area contributed by atoms with Gasteiger partial charge in [0.1, 0.15) is 13.2 Å². The molecule has 0 aliphatic carbocycles. The molecule has 0 fully saturated rings. The summed E-state index contributed by atoms with van der Waals surface area (Å²) < 4.78 is 43.5. The largest absolute Gasteiger partial charge is 0.748 e. The van der Waals surface area contributed by atoms with Crippen LogP contribution in [-0.4, -0.2) is 74.5 Å². The number of hydrogen-bond acceptors (Lipinski definition) is 7. The first kappa shape index (κ1) is 38.5. The van der Waals surface area contributed by atoms with Crippen LogP contribution in [0, 0.1) is 0 Å². The Hall–Kier alpha value is -1.45. The molecule has 0 N–H and O–H groups in total. The van der Waals surface area contributed by atoms with Gasteiger partial charge in [-0.05, 0) is 20.3 Å². The molecule has 0 heterocycles. The summed E-state index contributed by atoms with van der Waals surface area (Å²) in [6.45, 7) is 9.20. The van der Waals surface area contributed by atoms with Crippen molar-refractivity contribution >= 4 is 22.1 Å². The van der Waals surface area contributed by atoms with Gasteiger partial charge < -0.3 is 18.5 Å². The van der Waals surface area contributed by atoms with Crippen molar-refractivity contribution in [3.05, 3.63) is 12.2 Å². The predicted octanol–water partition coefficient (Wildman–Crippen LogP) is 6.68. The molecule has 0 saturated heterocycles. The number of esters is 2. The lowest BCUT2D eigenvalue weighted by Gasteiger charge is -2.36. The lowest BCUT2D eigenvalue weighted by molar-refractivity contribution is -0.925. The van der Waals surface area contributed by atoms with Crippen LogP contribution in [0.3, 0.4) is 0 Å². The summed E-state index contributed by atoms with van der Waals surface area (Å²) >= 11 is 0. The molecule has 0 aliphatic rings. The van der Waals surface area contributed by atoms with Gasteiger partial charge in [0.15, 0.2) is 0 Å². The van der Waals surface area contributed by atoms with Crippen molar-refractivity contribution < 1.29 is 36.5 Å². The van der Waals surface area contributed by atoms with Crippen molar-refractivity contribution in [1.82, 2.24) is 0 Å². The molecule has 0 spiro atoms. The Morgan fingerprint density at radius 2 is 1.00 bits per heavy atom. The second-order valence-electron chi connectivity index (χ2n) is 11.0. The van der Waals surface area contributed by atoms with Gasteiger partial charge in [-0.15, -0.1) is 0 Å². The molecule has 9 heteroatoms. The molecule has 8 nitrogen and oxygen atoms in total. The molecule has 0 unspecified atom stereocenters. The van der Waals surface area contributed by atoms with Crippen molar-refractivity contribution in [2.45, 2.75) is 130 Å². The number of quaternary nitrogens is 1. The zero-order valence-corrected chi connectivity index (χ0v) is 26.7. The number of carbonyl (C=O) groups is 2. The van der Waals surface area contributed by atoms with E-state index in [1.54, 1.807) is 0 Å². The molecule has 0 aromatic heterocycles. The average Bonchev–Trinajstić information content (AvgIpc) is 2.92. The van der Waals surface area contributed by atoms with Gasteiger partial charge in [-0.2, -0.15) is 0 Å². The second kappa shape index (κ2) is 25.3. The molecule has 0 radical (unpaired) electrons. The van der Waals surface area contributed by atoms with Crippen LogP contribution in [0.1, 0.15) is 130 Å². The van der Waals surface area contributed by atoms with Crippen molar-refractivity contribution in [2.75, 3.05) is 45.1 Å². The minimum atomic E-state index is -4.23. The molecule has 0 bridgehead atoms. The molecule has 236 valence electrons. The normalized spacial score (nSPS) is 12.2. The summed E-state index contributed by atoms with van der Waals surface area (Å²) in [5.74, 6) is -1.56. The molecule has 0 saturated carbocycles. The van der Waals surface area contributed by atoms with Crippen molar-refractivity contribution in [3.63, 3.8) is 0 Å². The van der Waals surface area contributed by atoms with Gasteiger partial charge in [-0.1, -0.05) is 103 Å². The molecule has 0 aromatic rings. The maximum atomic E-state index is 11.9. The Kier molecular flexibility index (Phi) is 24.4. The van der Waals surface area contributed by atoms with Crippen LogP contribution in [0.5, 0.6) is 0 Å². The Morgan fingerprint density at radius 3 is 1.40 bits per heavy atom. The number of nitrogens with zero attached hydrogens (tertiary/aromatic N) is 1. The lowest BCUT2D eigenvalue weighted by atomic mass is 10.0. The smallest absolute Gasteiger partial charge is 0.331 e. The SMILES string of the molecule is CCCCCCCCCCCCCCCCCCOC(=O)/C=C\C(=O)OCC[N+](CC)(CC)CCCS(=O)(=O)[O-]. The maximum Gasteiger partial charge on any atom is 0.331 e. The number of ether oxygens (including phenoxy) is 2. The van der Waals surface area contributed by atoms with E-state index in [4.69, 9.17) is 9.47 Å². The zero-order chi connectivity index (χ0) is 30.0. The summed E-state index contributed by atoms with van der Waals surface area (Å²) in [4.78, 5) is 23.8. The van der Waals surface area contributed by atoms with Gasteiger partial charge in [-0.3, -0.25) is 0 Å². The quantitative estimate of drug-likeness (QED) is 0.0329. The van der Waals surface area contributed by atoms with E-state index in [1.807, 2.05) is 13.8 Å². The topological polar surface area (TPSA) is 110 Å². The second-order valence-corrected chi connectivity index (χ2v) is 12.5. The molecular weight excluding hydrogens is 530 g/mol. The first-order valence-electron chi connectivity index (χ1n) is 16.0. The Labute approximate surface area is 245 Å². The highest BCUT2D eigenvalue weighted by Gasteiger charge is 2.23. The van der Waals surface area contributed by atoms with E-state index in [2.05, 4.69) is 6.92 Å². The van der Waals surface area contributed by atoms with E-state index in [0.717, 1.165) is 44.5 Å². The Bertz CT molecular complexity index is 764. The van der Waals surface area contributed by atoms with Crippen molar-refractivity contribution in [2.24, 2.45) is 0 Å². The fourth-order valence-corrected chi connectivity index (χ4v) is 5.42. The van der Waals surface area contributed by atoms with Crippen LogP contribution < -0.4 is 0 Å². The van der Waals surface area contributed by atoms with Crippen molar-refractivity contribution in [3.8, 4) is 0 Å². The van der Waals surface area contributed by atoms with Gasteiger partial charge >= 0.3 is 11.9 Å². The van der Waals surface area contributed by atoms with Crippen LogP contribution in [0.25, 0.3) is 0 Å². The van der Waals surface area contributed by atoms with Gasteiger partial charge in [0.25, 0.3) is 0 Å². The molecule has 40 heavy (non-hydrogen) atoms. The number of carbonyl (C=O) groups excluding carboxylic acids is 2. The highest BCUT2D eigenvalue weighted by atomic mass is 32.2. The number of hydrogen-bond donors (Lipinski definition) is 0. The monoisotopic (exact) mass is 589 g/mol. The predicted molar refractivity (Wildman–Crippen MR) is 161 cm³/mol. The maximum absolute atomic E-state index is 11.9. The van der Waals surface area contributed by atoms with Gasteiger partial charge in [0.2, 0.25) is 0 Å². The van der Waals surface area contributed by atoms with Crippen LogP contribution in [-0.2, 0) is 29.2 Å². The van der Waals surface area contributed by atoms with Crippen molar-refractivity contribution in [1.29, 1.82) is 0 Å². The third-order valence-corrected chi connectivity index (χ3v) is 8.56.